The van der Waals surface area contributed by atoms with Crippen LogP contribution in [0.1, 0.15) is 36.2 Å². The molecule has 5 nitrogen and oxygen atoms in total. The third-order valence-electron chi connectivity index (χ3n) is 4.44. The lowest BCUT2D eigenvalue weighted by Gasteiger charge is -2.16. The van der Waals surface area contributed by atoms with Crippen LogP contribution in [0.3, 0.4) is 0 Å². The summed E-state index contributed by atoms with van der Waals surface area (Å²) in [4.78, 5) is 13.1. The first-order valence-corrected chi connectivity index (χ1v) is 11.6. The Labute approximate surface area is 173 Å². The third-order valence-corrected chi connectivity index (χ3v) is 8.45. The van der Waals surface area contributed by atoms with Gasteiger partial charge in [0, 0.05) is 28.0 Å². The van der Waals surface area contributed by atoms with Crippen molar-refractivity contribution < 1.29 is 13.2 Å². The van der Waals surface area contributed by atoms with E-state index in [0.29, 0.717) is 32.2 Å². The average Bonchev–Trinajstić information content (AvgIpc) is 3.26. The van der Waals surface area contributed by atoms with Crippen LogP contribution in [-0.2, 0) is 21.2 Å². The molecule has 1 atom stereocenters. The average molecular weight is 447 g/mol. The van der Waals surface area contributed by atoms with Gasteiger partial charge in [-0.3, -0.25) is 4.79 Å². The molecule has 9 heteroatoms. The second-order valence-electron chi connectivity index (χ2n) is 6.46. The summed E-state index contributed by atoms with van der Waals surface area (Å²) in [6, 6.07) is 8.14. The van der Waals surface area contributed by atoms with Crippen molar-refractivity contribution in [3.05, 3.63) is 50.8 Å². The largest absolute Gasteiger partial charge is 0.349 e. The van der Waals surface area contributed by atoms with Gasteiger partial charge in [0.1, 0.15) is 4.21 Å². The van der Waals surface area contributed by atoms with Gasteiger partial charge in [0.05, 0.1) is 12.5 Å². The molecule has 1 aliphatic rings. The van der Waals surface area contributed by atoms with Gasteiger partial charge in [-0.2, -0.15) is 4.31 Å². The van der Waals surface area contributed by atoms with Gasteiger partial charge in [0.2, 0.25) is 5.91 Å². The molecule has 1 aromatic carbocycles. The summed E-state index contributed by atoms with van der Waals surface area (Å²) >= 11 is 13.2. The van der Waals surface area contributed by atoms with Crippen molar-refractivity contribution in [2.24, 2.45) is 0 Å². The maximum atomic E-state index is 12.6. The van der Waals surface area contributed by atoms with Gasteiger partial charge in [0.25, 0.3) is 10.0 Å². The first kappa shape index (κ1) is 20.6. The molecule has 27 heavy (non-hydrogen) atoms. The number of amides is 1. The number of halogens is 2. The highest BCUT2D eigenvalue weighted by Crippen LogP contribution is 2.28. The molecule has 0 aliphatic carbocycles. The lowest BCUT2D eigenvalue weighted by Crippen LogP contribution is -2.28. The summed E-state index contributed by atoms with van der Waals surface area (Å²) in [5.74, 6) is -0.194. The normalized spacial score (nSPS) is 16.4. The van der Waals surface area contributed by atoms with E-state index in [0.717, 1.165) is 29.7 Å². The Bertz CT molecular complexity index is 938. The minimum atomic E-state index is -3.44. The van der Waals surface area contributed by atoms with Crippen LogP contribution in [0.25, 0.3) is 0 Å². The van der Waals surface area contributed by atoms with E-state index in [1.54, 1.807) is 30.3 Å². The number of carbonyl (C=O) groups is 1. The number of nitrogens with zero attached hydrogens (tertiary/aromatic N) is 1. The molecular formula is C18H20Cl2N2O3S2. The molecule has 0 saturated carbocycles. The Morgan fingerprint density at radius 3 is 2.59 bits per heavy atom. The topological polar surface area (TPSA) is 66.5 Å². The van der Waals surface area contributed by atoms with Crippen LogP contribution < -0.4 is 5.32 Å². The SMILES string of the molecule is CC(NC(=O)Cc1ccc(S(=O)(=O)N2CCCC2)s1)c1ccc(Cl)cc1Cl. The highest BCUT2D eigenvalue weighted by atomic mass is 35.5. The lowest BCUT2D eigenvalue weighted by atomic mass is 10.1. The zero-order chi connectivity index (χ0) is 19.6. The zero-order valence-corrected chi connectivity index (χ0v) is 17.9. The number of rotatable bonds is 6. The van der Waals surface area contributed by atoms with Crippen molar-refractivity contribution in [2.75, 3.05) is 13.1 Å². The molecule has 2 heterocycles. The quantitative estimate of drug-likeness (QED) is 0.720. The second-order valence-corrected chi connectivity index (χ2v) is 10.6. The van der Waals surface area contributed by atoms with E-state index in [1.807, 2.05) is 6.92 Å². The summed E-state index contributed by atoms with van der Waals surface area (Å²) in [5.41, 5.74) is 0.776. The molecule has 146 valence electrons. The number of thiophene rings is 1. The van der Waals surface area contributed by atoms with Crippen LogP contribution in [0.4, 0.5) is 0 Å². The molecule has 1 N–H and O–H groups in total. The summed E-state index contributed by atoms with van der Waals surface area (Å²) in [6.45, 7) is 2.97. The summed E-state index contributed by atoms with van der Waals surface area (Å²) in [7, 11) is -3.44. The maximum absolute atomic E-state index is 12.6. The summed E-state index contributed by atoms with van der Waals surface area (Å²) < 4.78 is 26.9. The highest BCUT2D eigenvalue weighted by molar-refractivity contribution is 7.91. The minimum Gasteiger partial charge on any atom is -0.349 e. The Morgan fingerprint density at radius 1 is 1.22 bits per heavy atom. The van der Waals surface area contributed by atoms with Crippen LogP contribution in [0, 0.1) is 0 Å². The van der Waals surface area contributed by atoms with E-state index < -0.39 is 10.0 Å². The molecule has 3 rings (SSSR count). The highest BCUT2D eigenvalue weighted by Gasteiger charge is 2.28. The molecule has 1 unspecified atom stereocenters. The van der Waals surface area contributed by atoms with E-state index in [1.165, 1.54) is 4.31 Å². The Kier molecular flexibility index (Phi) is 6.48. The first-order chi connectivity index (χ1) is 12.8. The van der Waals surface area contributed by atoms with Gasteiger partial charge in [-0.1, -0.05) is 29.3 Å². The van der Waals surface area contributed by atoms with Crippen LogP contribution >= 0.6 is 34.5 Å². The van der Waals surface area contributed by atoms with E-state index >= 15 is 0 Å². The molecule has 1 aromatic heterocycles. The van der Waals surface area contributed by atoms with Gasteiger partial charge < -0.3 is 5.32 Å². The number of hydrogen-bond acceptors (Lipinski definition) is 4. The van der Waals surface area contributed by atoms with Crippen molar-refractivity contribution in [1.82, 2.24) is 9.62 Å². The lowest BCUT2D eigenvalue weighted by molar-refractivity contribution is -0.121. The van der Waals surface area contributed by atoms with Crippen molar-refractivity contribution in [3.63, 3.8) is 0 Å². The number of benzene rings is 1. The van der Waals surface area contributed by atoms with Crippen molar-refractivity contribution in [1.29, 1.82) is 0 Å². The van der Waals surface area contributed by atoms with Crippen LogP contribution in [0.2, 0.25) is 10.0 Å². The zero-order valence-electron chi connectivity index (χ0n) is 14.7. The second kappa shape index (κ2) is 8.49. The fourth-order valence-electron chi connectivity index (χ4n) is 3.03. The summed E-state index contributed by atoms with van der Waals surface area (Å²) in [6.07, 6.45) is 1.91. The van der Waals surface area contributed by atoms with Crippen LogP contribution in [0.15, 0.2) is 34.5 Å². The van der Waals surface area contributed by atoms with Gasteiger partial charge in [0.15, 0.2) is 0 Å². The van der Waals surface area contributed by atoms with E-state index in [9.17, 15) is 13.2 Å². The number of carbonyl (C=O) groups excluding carboxylic acids is 1. The fourth-order valence-corrected chi connectivity index (χ4v) is 6.63. The van der Waals surface area contributed by atoms with Crippen LogP contribution in [0.5, 0.6) is 0 Å². The van der Waals surface area contributed by atoms with Gasteiger partial charge in [-0.15, -0.1) is 11.3 Å². The number of sulfonamides is 1. The summed E-state index contributed by atoms with van der Waals surface area (Å²) in [5, 5.41) is 3.91. The molecule has 0 spiro atoms. The van der Waals surface area contributed by atoms with E-state index in [2.05, 4.69) is 5.32 Å². The predicted molar refractivity (Wildman–Crippen MR) is 109 cm³/mol. The molecule has 1 aliphatic heterocycles. The van der Waals surface area contributed by atoms with Gasteiger partial charge in [-0.05, 0) is 49.6 Å². The van der Waals surface area contributed by atoms with Crippen molar-refractivity contribution in [3.8, 4) is 0 Å². The monoisotopic (exact) mass is 446 g/mol. The Balaban J connectivity index is 1.64. The number of hydrogen-bond donors (Lipinski definition) is 1. The maximum Gasteiger partial charge on any atom is 0.252 e. The van der Waals surface area contributed by atoms with Crippen molar-refractivity contribution in [2.45, 2.75) is 36.4 Å². The standard InChI is InChI=1S/C18H20Cl2N2O3S2/c1-12(15-6-4-13(19)10-16(15)20)21-17(23)11-14-5-7-18(26-14)27(24,25)22-8-2-3-9-22/h4-7,10,12H,2-3,8-9,11H2,1H3,(H,21,23). The minimum absolute atomic E-state index is 0.121. The molecular weight excluding hydrogens is 427 g/mol. The predicted octanol–water partition coefficient (Wildman–Crippen LogP) is 4.26. The molecule has 0 radical (unpaired) electrons. The molecule has 0 bridgehead atoms. The molecule has 1 amide bonds. The van der Waals surface area contributed by atoms with E-state index in [-0.39, 0.29) is 18.4 Å². The number of nitrogens with one attached hydrogen (secondary N) is 1. The third kappa shape index (κ3) is 4.84. The van der Waals surface area contributed by atoms with Gasteiger partial charge in [-0.25, -0.2) is 8.42 Å². The fraction of sp³-hybridized carbons (Fsp3) is 0.389. The Morgan fingerprint density at radius 2 is 1.93 bits per heavy atom. The van der Waals surface area contributed by atoms with E-state index in [4.69, 9.17) is 23.2 Å². The molecule has 1 saturated heterocycles. The first-order valence-electron chi connectivity index (χ1n) is 8.60. The van der Waals surface area contributed by atoms with Crippen molar-refractivity contribution >= 4 is 50.5 Å². The smallest absolute Gasteiger partial charge is 0.252 e. The molecule has 1 fully saturated rings. The Hall–Kier alpha value is -1.12. The molecule has 2 aromatic rings. The van der Waals surface area contributed by atoms with Crippen LogP contribution in [-0.4, -0.2) is 31.7 Å². The van der Waals surface area contributed by atoms with Gasteiger partial charge >= 0.3 is 0 Å².